The Hall–Kier alpha value is -1.58. The van der Waals surface area contributed by atoms with E-state index >= 15 is 0 Å². The molecule has 1 aliphatic heterocycles. The third-order valence-electron chi connectivity index (χ3n) is 4.12. The fourth-order valence-corrected chi connectivity index (χ4v) is 3.44. The summed E-state index contributed by atoms with van der Waals surface area (Å²) in [6, 6.07) is 12.9. The van der Waals surface area contributed by atoms with Crippen molar-refractivity contribution in [3.05, 3.63) is 42.0 Å². The van der Waals surface area contributed by atoms with Crippen LogP contribution in [0, 0.1) is 0 Å². The maximum Gasteiger partial charge on any atom is 0.0805 e. The molecule has 1 fully saturated rings. The van der Waals surface area contributed by atoms with Crippen molar-refractivity contribution in [3.63, 3.8) is 0 Å². The van der Waals surface area contributed by atoms with E-state index in [-0.39, 0.29) is 11.7 Å². The van der Waals surface area contributed by atoms with Gasteiger partial charge in [0, 0.05) is 30.7 Å². The van der Waals surface area contributed by atoms with Crippen LogP contribution in [0.5, 0.6) is 0 Å². The van der Waals surface area contributed by atoms with Crippen molar-refractivity contribution in [2.24, 2.45) is 5.73 Å². The van der Waals surface area contributed by atoms with Crippen molar-refractivity contribution in [2.75, 3.05) is 18.0 Å². The second-order valence-corrected chi connectivity index (χ2v) is 6.56. The lowest BCUT2D eigenvalue weighted by atomic mass is 9.99. The minimum atomic E-state index is -0.120. The van der Waals surface area contributed by atoms with Gasteiger partial charge in [-0.05, 0) is 37.8 Å². The summed E-state index contributed by atoms with van der Waals surface area (Å²) in [6.07, 6.45) is 0.238. The van der Waals surface area contributed by atoms with Crippen LogP contribution in [-0.2, 0) is 11.3 Å². The summed E-state index contributed by atoms with van der Waals surface area (Å²) in [7, 11) is 0. The summed E-state index contributed by atoms with van der Waals surface area (Å²) in [5, 5.41) is 2.54. The average Bonchev–Trinajstić information content (AvgIpc) is 2.44. The summed E-state index contributed by atoms with van der Waals surface area (Å²) in [4.78, 5) is 2.44. The molecule has 112 valence electrons. The van der Waals surface area contributed by atoms with Crippen molar-refractivity contribution in [1.82, 2.24) is 0 Å². The molecule has 2 aromatic carbocycles. The van der Waals surface area contributed by atoms with Crippen molar-refractivity contribution >= 4 is 16.5 Å². The van der Waals surface area contributed by atoms with Gasteiger partial charge in [0.15, 0.2) is 0 Å². The number of ether oxygens (including phenoxy) is 1. The van der Waals surface area contributed by atoms with E-state index in [0.29, 0.717) is 6.54 Å². The molecule has 3 rings (SSSR count). The number of nitrogens with zero attached hydrogens (tertiary/aromatic N) is 1. The molecule has 1 saturated heterocycles. The lowest BCUT2D eigenvalue weighted by Crippen LogP contribution is -2.52. The van der Waals surface area contributed by atoms with E-state index < -0.39 is 0 Å². The number of morpholine rings is 1. The lowest BCUT2D eigenvalue weighted by molar-refractivity contribution is -0.0749. The number of nitrogens with two attached hydrogens (primary N) is 1. The predicted octanol–water partition coefficient (Wildman–Crippen LogP) is 3.30. The second kappa shape index (κ2) is 5.32. The molecule has 0 bridgehead atoms. The van der Waals surface area contributed by atoms with Gasteiger partial charge in [0.05, 0.1) is 11.7 Å². The normalized spacial score (nSPS) is 21.7. The zero-order chi connectivity index (χ0) is 15.0. The lowest BCUT2D eigenvalue weighted by Gasteiger charge is -2.43. The van der Waals surface area contributed by atoms with Crippen LogP contribution in [0.3, 0.4) is 0 Å². The molecule has 2 N–H and O–H groups in total. The van der Waals surface area contributed by atoms with Crippen molar-refractivity contribution in [2.45, 2.75) is 39.0 Å². The van der Waals surface area contributed by atoms with Crippen molar-refractivity contribution in [1.29, 1.82) is 0 Å². The SMILES string of the molecule is CC1CN(c2ccc(CN)c3ccccc23)CC(C)(C)O1. The average molecular weight is 284 g/mol. The smallest absolute Gasteiger partial charge is 0.0805 e. The summed E-state index contributed by atoms with van der Waals surface area (Å²) in [6.45, 7) is 8.87. The van der Waals surface area contributed by atoms with Crippen LogP contribution < -0.4 is 10.6 Å². The molecule has 21 heavy (non-hydrogen) atoms. The Morgan fingerprint density at radius 3 is 2.57 bits per heavy atom. The first kappa shape index (κ1) is 14.4. The minimum absolute atomic E-state index is 0.120. The summed E-state index contributed by atoms with van der Waals surface area (Å²) in [5.74, 6) is 0. The monoisotopic (exact) mass is 284 g/mol. The first-order valence-electron chi connectivity index (χ1n) is 7.63. The summed E-state index contributed by atoms with van der Waals surface area (Å²) < 4.78 is 6.02. The summed E-state index contributed by atoms with van der Waals surface area (Å²) in [5.41, 5.74) is 8.24. The van der Waals surface area contributed by atoms with Gasteiger partial charge in [0.25, 0.3) is 0 Å². The third kappa shape index (κ3) is 2.76. The predicted molar refractivity (Wildman–Crippen MR) is 88.7 cm³/mol. The first-order chi connectivity index (χ1) is 10.00. The molecular weight excluding hydrogens is 260 g/mol. The van der Waals surface area contributed by atoms with Crippen LogP contribution >= 0.6 is 0 Å². The maximum atomic E-state index is 6.02. The van der Waals surface area contributed by atoms with Crippen LogP contribution in [0.15, 0.2) is 36.4 Å². The first-order valence-corrected chi connectivity index (χ1v) is 7.63. The fraction of sp³-hybridized carbons (Fsp3) is 0.444. The van der Waals surface area contributed by atoms with E-state index in [9.17, 15) is 0 Å². The molecule has 1 atom stereocenters. The molecule has 0 aliphatic carbocycles. The van der Waals surface area contributed by atoms with Gasteiger partial charge in [0.1, 0.15) is 0 Å². The molecule has 3 heteroatoms. The van der Waals surface area contributed by atoms with Gasteiger partial charge in [-0.2, -0.15) is 0 Å². The highest BCUT2D eigenvalue weighted by Crippen LogP contribution is 2.33. The quantitative estimate of drug-likeness (QED) is 0.919. The van der Waals surface area contributed by atoms with Gasteiger partial charge in [-0.25, -0.2) is 0 Å². The third-order valence-corrected chi connectivity index (χ3v) is 4.12. The van der Waals surface area contributed by atoms with Crippen LogP contribution in [0.2, 0.25) is 0 Å². The Kier molecular flexibility index (Phi) is 3.64. The zero-order valence-electron chi connectivity index (χ0n) is 13.1. The Bertz CT molecular complexity index is 651. The molecule has 0 spiro atoms. The van der Waals surface area contributed by atoms with Crippen LogP contribution in [0.4, 0.5) is 5.69 Å². The zero-order valence-corrected chi connectivity index (χ0v) is 13.1. The van der Waals surface area contributed by atoms with E-state index in [1.54, 1.807) is 0 Å². The van der Waals surface area contributed by atoms with Crippen LogP contribution in [0.1, 0.15) is 26.3 Å². The molecule has 3 nitrogen and oxygen atoms in total. The number of hydrogen-bond acceptors (Lipinski definition) is 3. The number of benzene rings is 2. The molecule has 0 amide bonds. The number of rotatable bonds is 2. The van der Waals surface area contributed by atoms with E-state index in [1.165, 1.54) is 22.0 Å². The van der Waals surface area contributed by atoms with E-state index in [0.717, 1.165) is 13.1 Å². The molecule has 0 aromatic heterocycles. The Labute approximate surface area is 126 Å². The van der Waals surface area contributed by atoms with E-state index in [4.69, 9.17) is 10.5 Å². The van der Waals surface area contributed by atoms with E-state index in [1.807, 2.05) is 0 Å². The highest BCUT2D eigenvalue weighted by Gasteiger charge is 2.32. The number of hydrogen-bond donors (Lipinski definition) is 1. The standard InChI is InChI=1S/C18H24N2O/c1-13-11-20(12-18(2,3)21-13)17-9-8-14(10-19)15-6-4-5-7-16(15)17/h4-9,13H,10-12,19H2,1-3H3. The fourth-order valence-electron chi connectivity index (χ4n) is 3.44. The Morgan fingerprint density at radius 1 is 1.19 bits per heavy atom. The summed E-state index contributed by atoms with van der Waals surface area (Å²) >= 11 is 0. The topological polar surface area (TPSA) is 38.5 Å². The molecule has 2 aromatic rings. The van der Waals surface area contributed by atoms with Crippen LogP contribution in [0.25, 0.3) is 10.8 Å². The minimum Gasteiger partial charge on any atom is -0.369 e. The molecule has 1 unspecified atom stereocenters. The number of fused-ring (bicyclic) bond motifs is 1. The van der Waals surface area contributed by atoms with E-state index in [2.05, 4.69) is 62.1 Å². The van der Waals surface area contributed by atoms with Gasteiger partial charge >= 0.3 is 0 Å². The van der Waals surface area contributed by atoms with Gasteiger partial charge < -0.3 is 15.4 Å². The molecular formula is C18H24N2O. The highest BCUT2D eigenvalue weighted by atomic mass is 16.5. The molecule has 1 aliphatic rings. The molecule has 0 radical (unpaired) electrons. The van der Waals surface area contributed by atoms with Gasteiger partial charge in [-0.15, -0.1) is 0 Å². The Balaban J connectivity index is 2.08. The van der Waals surface area contributed by atoms with Gasteiger partial charge in [0.2, 0.25) is 0 Å². The highest BCUT2D eigenvalue weighted by molar-refractivity contribution is 5.96. The largest absolute Gasteiger partial charge is 0.369 e. The maximum absolute atomic E-state index is 6.02. The van der Waals surface area contributed by atoms with Crippen molar-refractivity contribution < 1.29 is 4.74 Å². The second-order valence-electron chi connectivity index (χ2n) is 6.56. The molecule has 0 saturated carbocycles. The molecule has 1 heterocycles. The number of anilines is 1. The van der Waals surface area contributed by atoms with Gasteiger partial charge in [-0.1, -0.05) is 30.3 Å². The van der Waals surface area contributed by atoms with Gasteiger partial charge in [-0.3, -0.25) is 0 Å². The van der Waals surface area contributed by atoms with Crippen molar-refractivity contribution in [3.8, 4) is 0 Å². The van der Waals surface area contributed by atoms with Crippen LogP contribution in [-0.4, -0.2) is 24.8 Å². The Morgan fingerprint density at radius 2 is 1.90 bits per heavy atom.